The molecule has 0 bridgehead atoms. The molecule has 148 valence electrons. The number of amides is 1. The second-order valence-corrected chi connectivity index (χ2v) is 7.45. The molecule has 3 aromatic rings. The van der Waals surface area contributed by atoms with E-state index in [1.807, 2.05) is 42.5 Å². The molecule has 5 nitrogen and oxygen atoms in total. The van der Waals surface area contributed by atoms with E-state index >= 15 is 0 Å². The molecule has 7 heteroatoms. The fourth-order valence-corrected chi connectivity index (χ4v) is 3.65. The first kappa shape index (κ1) is 19.3. The summed E-state index contributed by atoms with van der Waals surface area (Å²) in [6.07, 6.45) is 1.66. The number of piperidine rings is 1. The topological polar surface area (TPSA) is 58.1 Å². The molecule has 0 saturated carbocycles. The summed E-state index contributed by atoms with van der Waals surface area (Å²) in [6, 6.07) is 17.9. The molecule has 0 aliphatic carbocycles. The van der Waals surface area contributed by atoms with Gasteiger partial charge >= 0.3 is 0 Å². The van der Waals surface area contributed by atoms with Crippen LogP contribution in [-0.2, 0) is 4.79 Å². The lowest BCUT2D eigenvalue weighted by molar-refractivity contribution is -0.120. The first-order valence-electron chi connectivity index (χ1n) is 9.50. The lowest BCUT2D eigenvalue weighted by atomic mass is 9.97. The predicted molar refractivity (Wildman–Crippen MR) is 112 cm³/mol. The van der Waals surface area contributed by atoms with Crippen molar-refractivity contribution in [3.8, 4) is 11.3 Å². The molecule has 0 spiro atoms. The van der Waals surface area contributed by atoms with Crippen molar-refractivity contribution in [3.05, 3.63) is 71.5 Å². The SMILES string of the molecule is O=C(Nc1ccc(F)c(Cl)c1)[C@H]1CCCN(c2ccc(-c3ccccc3)nn2)C1. The Morgan fingerprint density at radius 1 is 1.10 bits per heavy atom. The first-order chi connectivity index (χ1) is 14.1. The molecule has 1 N–H and O–H groups in total. The van der Waals surface area contributed by atoms with Crippen molar-refractivity contribution in [1.29, 1.82) is 0 Å². The van der Waals surface area contributed by atoms with E-state index in [9.17, 15) is 9.18 Å². The standard InChI is InChI=1S/C22H20ClFN4O/c23-18-13-17(8-9-19(18)24)25-22(29)16-7-4-12-28(14-16)21-11-10-20(26-27-21)15-5-2-1-3-6-15/h1-3,5-6,8-11,13,16H,4,7,12,14H2,(H,25,29)/t16-/m0/s1. The van der Waals surface area contributed by atoms with Crippen LogP contribution >= 0.6 is 11.6 Å². The number of benzene rings is 2. The van der Waals surface area contributed by atoms with Crippen LogP contribution in [0.25, 0.3) is 11.3 Å². The van der Waals surface area contributed by atoms with E-state index in [0.29, 0.717) is 12.2 Å². The molecule has 2 aromatic carbocycles. The quantitative estimate of drug-likeness (QED) is 0.671. The Morgan fingerprint density at radius 3 is 2.66 bits per heavy atom. The molecule has 0 unspecified atom stereocenters. The summed E-state index contributed by atoms with van der Waals surface area (Å²) >= 11 is 5.79. The summed E-state index contributed by atoms with van der Waals surface area (Å²) in [6.45, 7) is 1.38. The average molecular weight is 411 g/mol. The number of halogens is 2. The molecule has 4 rings (SSSR count). The fraction of sp³-hybridized carbons (Fsp3) is 0.227. The van der Waals surface area contributed by atoms with Crippen molar-refractivity contribution in [2.75, 3.05) is 23.3 Å². The summed E-state index contributed by atoms with van der Waals surface area (Å²) in [5.74, 6) is -0.0487. The van der Waals surface area contributed by atoms with Crippen LogP contribution in [0.5, 0.6) is 0 Å². The van der Waals surface area contributed by atoms with Gasteiger partial charge in [0.15, 0.2) is 5.82 Å². The maximum absolute atomic E-state index is 13.3. The molecule has 1 fully saturated rings. The van der Waals surface area contributed by atoms with Crippen LogP contribution in [0.1, 0.15) is 12.8 Å². The highest BCUT2D eigenvalue weighted by atomic mass is 35.5. The molecule has 1 aromatic heterocycles. The highest BCUT2D eigenvalue weighted by molar-refractivity contribution is 6.31. The average Bonchev–Trinajstić information content (AvgIpc) is 2.77. The third-order valence-electron chi connectivity index (χ3n) is 5.02. The van der Waals surface area contributed by atoms with Gasteiger partial charge in [0.2, 0.25) is 5.91 Å². The van der Waals surface area contributed by atoms with Gasteiger partial charge in [0.25, 0.3) is 0 Å². The minimum atomic E-state index is -0.508. The lowest BCUT2D eigenvalue weighted by Crippen LogP contribution is -2.41. The fourth-order valence-electron chi connectivity index (χ4n) is 3.47. The van der Waals surface area contributed by atoms with Crippen molar-refractivity contribution >= 4 is 29.0 Å². The summed E-state index contributed by atoms with van der Waals surface area (Å²) in [4.78, 5) is 14.7. The summed E-state index contributed by atoms with van der Waals surface area (Å²) in [7, 11) is 0. The molecular weight excluding hydrogens is 391 g/mol. The zero-order valence-electron chi connectivity index (χ0n) is 15.7. The molecule has 1 atom stereocenters. The van der Waals surface area contributed by atoms with Crippen molar-refractivity contribution in [2.45, 2.75) is 12.8 Å². The number of aromatic nitrogens is 2. The van der Waals surface area contributed by atoms with Crippen LogP contribution < -0.4 is 10.2 Å². The number of rotatable bonds is 4. The van der Waals surface area contributed by atoms with E-state index in [0.717, 1.165) is 36.5 Å². The third kappa shape index (κ3) is 4.54. The molecular formula is C22H20ClFN4O. The van der Waals surface area contributed by atoms with Gasteiger partial charge in [-0.25, -0.2) is 4.39 Å². The van der Waals surface area contributed by atoms with Gasteiger partial charge in [-0.1, -0.05) is 41.9 Å². The van der Waals surface area contributed by atoms with Crippen LogP contribution in [0.4, 0.5) is 15.9 Å². The Kier molecular flexibility index (Phi) is 5.71. The van der Waals surface area contributed by atoms with Gasteiger partial charge < -0.3 is 10.2 Å². The number of hydrogen-bond donors (Lipinski definition) is 1. The van der Waals surface area contributed by atoms with E-state index in [2.05, 4.69) is 20.4 Å². The Balaban J connectivity index is 1.42. The Bertz CT molecular complexity index is 997. The van der Waals surface area contributed by atoms with Gasteiger partial charge in [0.05, 0.1) is 16.6 Å². The van der Waals surface area contributed by atoms with E-state index in [4.69, 9.17) is 11.6 Å². The van der Waals surface area contributed by atoms with Crippen LogP contribution in [-0.4, -0.2) is 29.2 Å². The summed E-state index contributed by atoms with van der Waals surface area (Å²) in [5, 5.41) is 11.5. The van der Waals surface area contributed by atoms with Crippen LogP contribution in [0.15, 0.2) is 60.7 Å². The predicted octanol–water partition coefficient (Wildman–Crippen LogP) is 4.79. The normalized spacial score (nSPS) is 16.5. The van der Waals surface area contributed by atoms with Crippen LogP contribution in [0.2, 0.25) is 5.02 Å². The smallest absolute Gasteiger partial charge is 0.229 e. The van der Waals surface area contributed by atoms with Gasteiger partial charge in [-0.2, -0.15) is 0 Å². The van der Waals surface area contributed by atoms with Gasteiger partial charge in [-0.05, 0) is 43.2 Å². The molecule has 2 heterocycles. The highest BCUT2D eigenvalue weighted by Gasteiger charge is 2.27. The van der Waals surface area contributed by atoms with Crippen molar-refractivity contribution in [2.24, 2.45) is 5.92 Å². The van der Waals surface area contributed by atoms with Gasteiger partial charge in [-0.15, -0.1) is 10.2 Å². The van der Waals surface area contributed by atoms with E-state index in [1.54, 1.807) is 0 Å². The molecule has 29 heavy (non-hydrogen) atoms. The number of anilines is 2. The van der Waals surface area contributed by atoms with Crippen molar-refractivity contribution in [1.82, 2.24) is 10.2 Å². The largest absolute Gasteiger partial charge is 0.354 e. The number of nitrogens with zero attached hydrogens (tertiary/aromatic N) is 3. The summed E-state index contributed by atoms with van der Waals surface area (Å²) < 4.78 is 13.3. The Morgan fingerprint density at radius 2 is 1.93 bits per heavy atom. The van der Waals surface area contributed by atoms with Gasteiger partial charge in [0.1, 0.15) is 5.82 Å². The zero-order chi connectivity index (χ0) is 20.2. The molecule has 1 aliphatic rings. The summed E-state index contributed by atoms with van der Waals surface area (Å²) in [5.41, 5.74) is 2.32. The molecule has 1 aliphatic heterocycles. The Hall–Kier alpha value is -2.99. The monoisotopic (exact) mass is 410 g/mol. The van der Waals surface area contributed by atoms with Crippen molar-refractivity contribution in [3.63, 3.8) is 0 Å². The second-order valence-electron chi connectivity index (χ2n) is 7.05. The maximum Gasteiger partial charge on any atom is 0.229 e. The Labute approximate surface area is 173 Å². The van der Waals surface area contributed by atoms with E-state index in [1.165, 1.54) is 18.2 Å². The van der Waals surface area contributed by atoms with E-state index in [-0.39, 0.29) is 16.8 Å². The minimum absolute atomic E-state index is 0.0122. The van der Waals surface area contributed by atoms with Gasteiger partial charge in [-0.3, -0.25) is 4.79 Å². The maximum atomic E-state index is 13.3. The van der Waals surface area contributed by atoms with Crippen LogP contribution in [0.3, 0.4) is 0 Å². The minimum Gasteiger partial charge on any atom is -0.354 e. The van der Waals surface area contributed by atoms with Crippen LogP contribution in [0, 0.1) is 11.7 Å². The third-order valence-corrected chi connectivity index (χ3v) is 5.31. The lowest BCUT2D eigenvalue weighted by Gasteiger charge is -2.32. The number of carbonyl (C=O) groups excluding carboxylic acids is 1. The molecule has 1 amide bonds. The molecule has 1 saturated heterocycles. The second kappa shape index (κ2) is 8.57. The van der Waals surface area contributed by atoms with Gasteiger partial charge in [0, 0.05) is 24.3 Å². The molecule has 0 radical (unpaired) electrons. The number of nitrogens with one attached hydrogen (secondary N) is 1. The number of hydrogen-bond acceptors (Lipinski definition) is 4. The van der Waals surface area contributed by atoms with E-state index < -0.39 is 5.82 Å². The number of carbonyl (C=O) groups is 1. The zero-order valence-corrected chi connectivity index (χ0v) is 16.4. The highest BCUT2D eigenvalue weighted by Crippen LogP contribution is 2.25. The first-order valence-corrected chi connectivity index (χ1v) is 9.88. The van der Waals surface area contributed by atoms with Crippen molar-refractivity contribution < 1.29 is 9.18 Å².